The molecule has 1 aromatic heterocycles. The van der Waals surface area contributed by atoms with Crippen LogP contribution in [0.25, 0.3) is 11.3 Å². The summed E-state index contributed by atoms with van der Waals surface area (Å²) in [6, 6.07) is 10.4. The largest absolute Gasteiger partial charge is 0.497 e. The van der Waals surface area contributed by atoms with Crippen LogP contribution in [0.5, 0.6) is 11.5 Å². The first-order valence-electron chi connectivity index (χ1n) is 11.9. The van der Waals surface area contributed by atoms with Crippen molar-refractivity contribution in [2.24, 2.45) is 0 Å². The van der Waals surface area contributed by atoms with Gasteiger partial charge in [-0.25, -0.2) is 9.97 Å². The lowest BCUT2D eigenvalue weighted by Crippen LogP contribution is -2.38. The van der Waals surface area contributed by atoms with Gasteiger partial charge in [0.1, 0.15) is 18.1 Å². The Morgan fingerprint density at radius 1 is 1.03 bits per heavy atom. The standard InChI is InChI=1S/C27H32N4O3/c1-18-14-22(15-19(2)26(18)34-13-10-31-8-11-33-12-9-31)29-27-28-17-21-5-4-20-6-7-23(32-3)16-24(20)25(21)30-27/h6-7,14-17H,4-5,8-13H2,1-3H3,(H,28,29,30). The van der Waals surface area contributed by atoms with Gasteiger partial charge in [0.25, 0.3) is 0 Å². The molecule has 0 bridgehead atoms. The minimum atomic E-state index is 0.592. The second-order valence-corrected chi connectivity index (χ2v) is 8.96. The van der Waals surface area contributed by atoms with E-state index in [-0.39, 0.29) is 0 Å². The summed E-state index contributed by atoms with van der Waals surface area (Å²) in [5, 5.41) is 3.40. The number of nitrogens with zero attached hydrogens (tertiary/aromatic N) is 3. The van der Waals surface area contributed by atoms with Gasteiger partial charge in [-0.3, -0.25) is 4.90 Å². The predicted octanol–water partition coefficient (Wildman–Crippen LogP) is 4.32. The molecule has 5 rings (SSSR count). The third-order valence-electron chi connectivity index (χ3n) is 6.57. The number of aryl methyl sites for hydroxylation is 4. The first-order chi connectivity index (χ1) is 16.6. The van der Waals surface area contributed by atoms with E-state index in [2.05, 4.69) is 53.3 Å². The summed E-state index contributed by atoms with van der Waals surface area (Å²) in [4.78, 5) is 11.8. The van der Waals surface area contributed by atoms with Crippen molar-refractivity contribution in [3.63, 3.8) is 0 Å². The first-order valence-corrected chi connectivity index (χ1v) is 11.9. The van der Waals surface area contributed by atoms with E-state index < -0.39 is 0 Å². The van der Waals surface area contributed by atoms with Crippen LogP contribution in [0.1, 0.15) is 22.3 Å². The van der Waals surface area contributed by atoms with Gasteiger partial charge < -0.3 is 19.5 Å². The molecule has 34 heavy (non-hydrogen) atoms. The highest BCUT2D eigenvalue weighted by atomic mass is 16.5. The fraction of sp³-hybridized carbons (Fsp3) is 0.407. The van der Waals surface area contributed by atoms with Gasteiger partial charge in [-0.05, 0) is 73.2 Å². The molecule has 2 heterocycles. The summed E-state index contributed by atoms with van der Waals surface area (Å²) in [6.07, 6.45) is 3.88. The van der Waals surface area contributed by atoms with Crippen molar-refractivity contribution in [3.05, 3.63) is 58.8 Å². The van der Waals surface area contributed by atoms with Gasteiger partial charge >= 0.3 is 0 Å². The van der Waals surface area contributed by atoms with Gasteiger partial charge in [0, 0.05) is 37.1 Å². The topological polar surface area (TPSA) is 68.7 Å². The number of fused-ring (bicyclic) bond motifs is 3. The zero-order valence-corrected chi connectivity index (χ0v) is 20.2. The third-order valence-corrected chi connectivity index (χ3v) is 6.57. The van der Waals surface area contributed by atoms with Gasteiger partial charge in [0.05, 0.1) is 26.0 Å². The van der Waals surface area contributed by atoms with E-state index in [1.807, 2.05) is 12.3 Å². The molecule has 0 unspecified atom stereocenters. The minimum Gasteiger partial charge on any atom is -0.497 e. The lowest BCUT2D eigenvalue weighted by molar-refractivity contribution is 0.0322. The minimum absolute atomic E-state index is 0.592. The Labute approximate surface area is 201 Å². The SMILES string of the molecule is COc1ccc2c(c1)-c1nc(Nc3cc(C)c(OCCN4CCOCC4)c(C)c3)ncc1CC2. The molecule has 0 spiro atoms. The Morgan fingerprint density at radius 2 is 1.79 bits per heavy atom. The number of rotatable bonds is 7. The number of benzene rings is 2. The third kappa shape index (κ3) is 4.86. The number of anilines is 2. The van der Waals surface area contributed by atoms with Crippen LogP contribution in [0.4, 0.5) is 11.6 Å². The lowest BCUT2D eigenvalue weighted by Gasteiger charge is -2.26. The Bertz CT molecular complexity index is 1150. The number of nitrogens with one attached hydrogen (secondary N) is 1. The Balaban J connectivity index is 1.31. The fourth-order valence-corrected chi connectivity index (χ4v) is 4.75. The molecule has 1 aliphatic heterocycles. The van der Waals surface area contributed by atoms with Crippen LogP contribution < -0.4 is 14.8 Å². The monoisotopic (exact) mass is 460 g/mol. The lowest BCUT2D eigenvalue weighted by atomic mass is 9.90. The average molecular weight is 461 g/mol. The molecule has 7 heteroatoms. The van der Waals surface area contributed by atoms with Crippen molar-refractivity contribution in [3.8, 4) is 22.8 Å². The zero-order valence-electron chi connectivity index (χ0n) is 20.2. The molecule has 0 radical (unpaired) electrons. The molecule has 2 aliphatic rings. The van der Waals surface area contributed by atoms with E-state index in [1.54, 1.807) is 7.11 Å². The summed E-state index contributed by atoms with van der Waals surface area (Å²) in [5.74, 6) is 2.38. The number of hydrogen-bond donors (Lipinski definition) is 1. The summed E-state index contributed by atoms with van der Waals surface area (Å²) < 4.78 is 17.0. The second-order valence-electron chi connectivity index (χ2n) is 8.96. The quantitative estimate of drug-likeness (QED) is 0.563. The predicted molar refractivity (Wildman–Crippen MR) is 133 cm³/mol. The van der Waals surface area contributed by atoms with Crippen molar-refractivity contribution >= 4 is 11.6 Å². The molecule has 3 aromatic rings. The number of hydrogen-bond acceptors (Lipinski definition) is 7. The van der Waals surface area contributed by atoms with Crippen molar-refractivity contribution in [2.75, 3.05) is 51.9 Å². The molecule has 0 saturated carbocycles. The molecule has 0 amide bonds. The number of morpholine rings is 1. The van der Waals surface area contributed by atoms with Crippen molar-refractivity contribution < 1.29 is 14.2 Å². The van der Waals surface area contributed by atoms with Gasteiger partial charge in [0.15, 0.2) is 0 Å². The maximum Gasteiger partial charge on any atom is 0.227 e. The summed E-state index contributed by atoms with van der Waals surface area (Å²) in [6.45, 7) is 9.31. The Kier molecular flexibility index (Phi) is 6.65. The Morgan fingerprint density at radius 3 is 2.56 bits per heavy atom. The molecular formula is C27H32N4O3. The van der Waals surface area contributed by atoms with Crippen LogP contribution >= 0.6 is 0 Å². The Hall–Kier alpha value is -3.16. The van der Waals surface area contributed by atoms with Gasteiger partial charge in [-0.15, -0.1) is 0 Å². The van der Waals surface area contributed by atoms with Crippen molar-refractivity contribution in [2.45, 2.75) is 26.7 Å². The van der Waals surface area contributed by atoms with Gasteiger partial charge in [-0.2, -0.15) is 0 Å². The first kappa shape index (κ1) is 22.6. The zero-order chi connectivity index (χ0) is 23.5. The van der Waals surface area contributed by atoms with Crippen molar-refractivity contribution in [1.29, 1.82) is 0 Å². The molecule has 7 nitrogen and oxygen atoms in total. The second kappa shape index (κ2) is 9.99. The van der Waals surface area contributed by atoms with Crippen LogP contribution in [0, 0.1) is 13.8 Å². The maximum atomic E-state index is 6.16. The molecule has 1 fully saturated rings. The van der Waals surface area contributed by atoms with E-state index in [0.717, 1.165) is 85.3 Å². The van der Waals surface area contributed by atoms with Crippen molar-refractivity contribution in [1.82, 2.24) is 14.9 Å². The summed E-state index contributed by atoms with van der Waals surface area (Å²) >= 11 is 0. The van der Waals surface area contributed by atoms with Crippen LogP contribution in [-0.2, 0) is 17.6 Å². The van der Waals surface area contributed by atoms with Crippen LogP contribution in [-0.4, -0.2) is 61.4 Å². The molecule has 0 atom stereocenters. The molecule has 2 aromatic carbocycles. The van der Waals surface area contributed by atoms with Gasteiger partial charge in [0.2, 0.25) is 5.95 Å². The highest BCUT2D eigenvalue weighted by molar-refractivity contribution is 5.72. The molecule has 1 N–H and O–H groups in total. The highest BCUT2D eigenvalue weighted by Crippen LogP contribution is 2.35. The maximum absolute atomic E-state index is 6.16. The van der Waals surface area contributed by atoms with E-state index in [1.165, 1.54) is 11.1 Å². The molecular weight excluding hydrogens is 428 g/mol. The molecule has 1 aliphatic carbocycles. The van der Waals surface area contributed by atoms with Gasteiger partial charge in [-0.1, -0.05) is 6.07 Å². The fourth-order valence-electron chi connectivity index (χ4n) is 4.75. The molecule has 178 valence electrons. The van der Waals surface area contributed by atoms with Crippen LogP contribution in [0.15, 0.2) is 36.5 Å². The van der Waals surface area contributed by atoms with E-state index in [4.69, 9.17) is 19.2 Å². The summed E-state index contributed by atoms with van der Waals surface area (Å²) in [5.41, 5.74) is 7.72. The van der Waals surface area contributed by atoms with E-state index in [0.29, 0.717) is 12.6 Å². The molecule has 1 saturated heterocycles. The van der Waals surface area contributed by atoms with Crippen LogP contribution in [0.2, 0.25) is 0 Å². The normalized spacial score (nSPS) is 15.4. The summed E-state index contributed by atoms with van der Waals surface area (Å²) in [7, 11) is 1.69. The van der Waals surface area contributed by atoms with E-state index in [9.17, 15) is 0 Å². The number of ether oxygens (including phenoxy) is 3. The highest BCUT2D eigenvalue weighted by Gasteiger charge is 2.20. The smallest absolute Gasteiger partial charge is 0.227 e. The number of methoxy groups -OCH3 is 1. The number of aromatic nitrogens is 2. The van der Waals surface area contributed by atoms with Crippen LogP contribution in [0.3, 0.4) is 0 Å². The average Bonchev–Trinajstić information content (AvgIpc) is 2.86. The van der Waals surface area contributed by atoms with E-state index >= 15 is 0 Å².